The van der Waals surface area contributed by atoms with Crippen LogP contribution >= 0.6 is 0 Å². The molecule has 1 aromatic rings. The molecule has 0 bridgehead atoms. The van der Waals surface area contributed by atoms with Crippen molar-refractivity contribution in [3.63, 3.8) is 0 Å². The second kappa shape index (κ2) is 5.82. The predicted molar refractivity (Wildman–Crippen MR) is 62.4 cm³/mol. The lowest BCUT2D eigenvalue weighted by atomic mass is 10.1. The molecule has 0 aromatic carbocycles. The van der Waals surface area contributed by atoms with Gasteiger partial charge in [-0.15, -0.1) is 0 Å². The Bertz CT molecular complexity index is 325. The van der Waals surface area contributed by atoms with Crippen LogP contribution in [-0.2, 0) is 16.1 Å². The molecular formula is C12H18N2O2. The minimum absolute atomic E-state index is 0.562. The number of anilines is 1. The van der Waals surface area contributed by atoms with Gasteiger partial charge in [-0.05, 0) is 18.6 Å². The summed E-state index contributed by atoms with van der Waals surface area (Å²) in [4.78, 5) is 4.39. The van der Waals surface area contributed by atoms with Crippen molar-refractivity contribution in [3.05, 3.63) is 23.9 Å². The molecule has 1 fully saturated rings. The number of rotatable bonds is 5. The lowest BCUT2D eigenvalue weighted by Crippen LogP contribution is -2.09. The van der Waals surface area contributed by atoms with Gasteiger partial charge in [0.15, 0.2) is 0 Å². The van der Waals surface area contributed by atoms with Gasteiger partial charge < -0.3 is 14.8 Å². The molecular weight excluding hydrogens is 204 g/mol. The molecule has 16 heavy (non-hydrogen) atoms. The van der Waals surface area contributed by atoms with E-state index in [0.29, 0.717) is 12.5 Å². The zero-order valence-corrected chi connectivity index (χ0v) is 9.61. The van der Waals surface area contributed by atoms with Gasteiger partial charge in [-0.25, -0.2) is 4.98 Å². The second-order valence-corrected chi connectivity index (χ2v) is 4.01. The van der Waals surface area contributed by atoms with Gasteiger partial charge in [0, 0.05) is 19.6 Å². The fourth-order valence-electron chi connectivity index (χ4n) is 1.74. The van der Waals surface area contributed by atoms with Crippen molar-refractivity contribution in [2.75, 3.05) is 32.2 Å². The van der Waals surface area contributed by atoms with Crippen LogP contribution in [0.15, 0.2) is 18.2 Å². The quantitative estimate of drug-likeness (QED) is 0.823. The van der Waals surface area contributed by atoms with Gasteiger partial charge in [0.1, 0.15) is 5.82 Å². The van der Waals surface area contributed by atoms with Crippen molar-refractivity contribution in [2.24, 2.45) is 5.92 Å². The first-order valence-electron chi connectivity index (χ1n) is 5.67. The summed E-state index contributed by atoms with van der Waals surface area (Å²) in [5.41, 5.74) is 0.964. The minimum atomic E-state index is 0.562. The maximum atomic E-state index is 5.63. The third-order valence-corrected chi connectivity index (χ3v) is 2.69. The molecule has 1 atom stereocenters. The maximum absolute atomic E-state index is 5.63. The Kier molecular flexibility index (Phi) is 4.13. The molecule has 4 nitrogen and oxygen atoms in total. The highest BCUT2D eigenvalue weighted by molar-refractivity contribution is 5.33. The number of hydrogen-bond acceptors (Lipinski definition) is 4. The van der Waals surface area contributed by atoms with Gasteiger partial charge in [-0.2, -0.15) is 0 Å². The summed E-state index contributed by atoms with van der Waals surface area (Å²) in [5, 5.41) is 3.01. The molecule has 1 N–H and O–H groups in total. The van der Waals surface area contributed by atoms with E-state index in [4.69, 9.17) is 9.47 Å². The Morgan fingerprint density at radius 2 is 2.50 bits per heavy atom. The molecule has 1 saturated heterocycles. The van der Waals surface area contributed by atoms with Crippen LogP contribution in [0, 0.1) is 5.92 Å². The van der Waals surface area contributed by atoms with Crippen molar-refractivity contribution in [3.8, 4) is 0 Å². The second-order valence-electron chi connectivity index (χ2n) is 4.01. The Balaban J connectivity index is 1.75. The molecule has 1 unspecified atom stereocenters. The molecule has 2 heterocycles. The minimum Gasteiger partial charge on any atom is -0.381 e. The monoisotopic (exact) mass is 222 g/mol. The van der Waals surface area contributed by atoms with Gasteiger partial charge in [0.05, 0.1) is 25.5 Å². The van der Waals surface area contributed by atoms with E-state index in [-0.39, 0.29) is 0 Å². The molecule has 1 aromatic heterocycles. The number of hydrogen-bond donors (Lipinski definition) is 1. The molecule has 0 aliphatic carbocycles. The Hall–Kier alpha value is -1.13. The fourth-order valence-corrected chi connectivity index (χ4v) is 1.74. The van der Waals surface area contributed by atoms with Crippen LogP contribution in [-0.4, -0.2) is 31.9 Å². The van der Waals surface area contributed by atoms with E-state index in [9.17, 15) is 0 Å². The number of aromatic nitrogens is 1. The normalized spacial score (nSPS) is 19.9. The Morgan fingerprint density at radius 1 is 1.56 bits per heavy atom. The van der Waals surface area contributed by atoms with Crippen molar-refractivity contribution >= 4 is 5.82 Å². The van der Waals surface area contributed by atoms with Crippen molar-refractivity contribution in [1.82, 2.24) is 4.98 Å². The third-order valence-electron chi connectivity index (χ3n) is 2.69. The first kappa shape index (κ1) is 11.4. The van der Waals surface area contributed by atoms with Gasteiger partial charge in [0.25, 0.3) is 0 Å². The van der Waals surface area contributed by atoms with E-state index in [1.54, 1.807) is 0 Å². The third kappa shape index (κ3) is 3.18. The fraction of sp³-hybridized carbons (Fsp3) is 0.583. The molecule has 1 aliphatic rings. The summed E-state index contributed by atoms with van der Waals surface area (Å²) in [5.74, 6) is 1.44. The highest BCUT2D eigenvalue weighted by Gasteiger charge is 2.15. The van der Waals surface area contributed by atoms with Gasteiger partial charge in [-0.3, -0.25) is 0 Å². The molecule has 0 radical (unpaired) electrons. The van der Waals surface area contributed by atoms with Gasteiger partial charge in [-0.1, -0.05) is 6.07 Å². The molecule has 4 heteroatoms. The Morgan fingerprint density at radius 3 is 3.25 bits per heavy atom. The summed E-state index contributed by atoms with van der Waals surface area (Å²) >= 11 is 0. The summed E-state index contributed by atoms with van der Waals surface area (Å²) in [6.07, 6.45) is 1.12. The van der Waals surface area contributed by atoms with Crippen LogP contribution in [0.5, 0.6) is 0 Å². The largest absolute Gasteiger partial charge is 0.381 e. The predicted octanol–water partition coefficient (Wildman–Crippen LogP) is 1.68. The van der Waals surface area contributed by atoms with Crippen molar-refractivity contribution < 1.29 is 9.47 Å². The van der Waals surface area contributed by atoms with Gasteiger partial charge >= 0.3 is 0 Å². The average molecular weight is 222 g/mol. The molecule has 1 aliphatic heterocycles. The molecule has 0 saturated carbocycles. The number of nitrogens with one attached hydrogen (secondary N) is 1. The SMILES string of the molecule is CNc1cccc(COCC2CCOC2)n1. The van der Waals surface area contributed by atoms with Crippen molar-refractivity contribution in [1.29, 1.82) is 0 Å². The molecule has 2 rings (SSSR count). The van der Waals surface area contributed by atoms with E-state index >= 15 is 0 Å². The lowest BCUT2D eigenvalue weighted by Gasteiger charge is -2.08. The number of ether oxygens (including phenoxy) is 2. The smallest absolute Gasteiger partial charge is 0.126 e. The van der Waals surface area contributed by atoms with Crippen LogP contribution in [0.3, 0.4) is 0 Å². The van der Waals surface area contributed by atoms with E-state index in [1.165, 1.54) is 0 Å². The zero-order chi connectivity index (χ0) is 11.2. The number of nitrogens with zero attached hydrogens (tertiary/aromatic N) is 1. The van der Waals surface area contributed by atoms with E-state index < -0.39 is 0 Å². The van der Waals surface area contributed by atoms with Gasteiger partial charge in [0.2, 0.25) is 0 Å². The highest BCUT2D eigenvalue weighted by atomic mass is 16.5. The van der Waals surface area contributed by atoms with Crippen LogP contribution in [0.4, 0.5) is 5.82 Å². The lowest BCUT2D eigenvalue weighted by molar-refractivity contribution is 0.0774. The summed E-state index contributed by atoms with van der Waals surface area (Å²) < 4.78 is 10.9. The molecule has 0 amide bonds. The summed E-state index contributed by atoms with van der Waals surface area (Å²) in [7, 11) is 1.86. The van der Waals surface area contributed by atoms with Crippen LogP contribution in [0.1, 0.15) is 12.1 Å². The van der Waals surface area contributed by atoms with Crippen LogP contribution in [0.2, 0.25) is 0 Å². The van der Waals surface area contributed by atoms with E-state index in [2.05, 4.69) is 10.3 Å². The van der Waals surface area contributed by atoms with Crippen molar-refractivity contribution in [2.45, 2.75) is 13.0 Å². The summed E-state index contributed by atoms with van der Waals surface area (Å²) in [6.45, 7) is 3.06. The standard InChI is InChI=1S/C12H18N2O2/c1-13-12-4-2-3-11(14-12)9-16-8-10-5-6-15-7-10/h2-4,10H,5-9H2,1H3,(H,13,14). The average Bonchev–Trinajstić information content (AvgIpc) is 2.82. The topological polar surface area (TPSA) is 43.4 Å². The number of pyridine rings is 1. The summed E-state index contributed by atoms with van der Waals surface area (Å²) in [6, 6.07) is 5.90. The first-order valence-corrected chi connectivity index (χ1v) is 5.67. The van der Waals surface area contributed by atoms with E-state index in [0.717, 1.165) is 37.8 Å². The Labute approximate surface area is 96.0 Å². The molecule has 88 valence electrons. The first-order chi connectivity index (χ1) is 7.88. The van der Waals surface area contributed by atoms with Crippen LogP contribution < -0.4 is 5.32 Å². The molecule has 0 spiro atoms. The van der Waals surface area contributed by atoms with E-state index in [1.807, 2.05) is 25.2 Å². The van der Waals surface area contributed by atoms with Crippen LogP contribution in [0.25, 0.3) is 0 Å². The highest BCUT2D eigenvalue weighted by Crippen LogP contribution is 2.13. The zero-order valence-electron chi connectivity index (χ0n) is 9.61. The maximum Gasteiger partial charge on any atom is 0.126 e.